The number of nitrogens with zero attached hydrogens (tertiary/aromatic N) is 3. The van der Waals surface area contributed by atoms with Gasteiger partial charge in [0.25, 0.3) is 0 Å². The predicted molar refractivity (Wildman–Crippen MR) is 119 cm³/mol. The van der Waals surface area contributed by atoms with Gasteiger partial charge in [0.05, 0.1) is 11.4 Å². The van der Waals surface area contributed by atoms with E-state index in [1.807, 2.05) is 61.0 Å². The molecule has 4 rings (SSSR count). The van der Waals surface area contributed by atoms with E-state index in [4.69, 9.17) is 4.74 Å². The fraction of sp³-hybridized carbons (Fsp3) is 0.375. The number of rotatable bonds is 7. The number of hydrogen-bond acceptors (Lipinski definition) is 4. The second kappa shape index (κ2) is 9.64. The molecule has 31 heavy (non-hydrogen) atoms. The number of carbonyl (C=O) groups is 1. The van der Waals surface area contributed by atoms with Crippen molar-refractivity contribution >= 4 is 6.03 Å². The lowest BCUT2D eigenvalue weighted by molar-refractivity contribution is 0.198. The summed E-state index contributed by atoms with van der Waals surface area (Å²) in [4.78, 5) is 16.8. The van der Waals surface area contributed by atoms with Gasteiger partial charge in [0.15, 0.2) is 0 Å². The second-order valence-electron chi connectivity index (χ2n) is 7.92. The van der Waals surface area contributed by atoms with Gasteiger partial charge in [-0.15, -0.1) is 0 Å². The van der Waals surface area contributed by atoms with Crippen LogP contribution in [0.1, 0.15) is 48.2 Å². The van der Waals surface area contributed by atoms with E-state index in [2.05, 4.69) is 20.7 Å². The van der Waals surface area contributed by atoms with Crippen molar-refractivity contribution < 1.29 is 9.53 Å². The summed E-state index contributed by atoms with van der Waals surface area (Å²) in [7, 11) is 0. The zero-order valence-electron chi connectivity index (χ0n) is 18.1. The van der Waals surface area contributed by atoms with E-state index < -0.39 is 0 Å². The van der Waals surface area contributed by atoms with Crippen LogP contribution in [0, 0.1) is 13.8 Å². The van der Waals surface area contributed by atoms with Crippen LogP contribution in [0.4, 0.5) is 4.79 Å². The van der Waals surface area contributed by atoms with Crippen LogP contribution in [-0.4, -0.2) is 26.9 Å². The Labute approximate surface area is 182 Å². The molecular weight excluding hydrogens is 390 g/mol. The number of pyridine rings is 1. The molecule has 2 N–H and O–H groups in total. The lowest BCUT2D eigenvalue weighted by Crippen LogP contribution is -2.35. The van der Waals surface area contributed by atoms with Crippen molar-refractivity contribution in [3.63, 3.8) is 0 Å². The maximum absolute atomic E-state index is 12.4. The molecule has 1 aliphatic carbocycles. The Morgan fingerprint density at radius 1 is 1.06 bits per heavy atom. The van der Waals surface area contributed by atoms with Gasteiger partial charge in [-0.1, -0.05) is 24.3 Å². The molecule has 0 radical (unpaired) electrons. The highest BCUT2D eigenvalue weighted by molar-refractivity contribution is 5.74. The van der Waals surface area contributed by atoms with E-state index >= 15 is 0 Å². The summed E-state index contributed by atoms with van der Waals surface area (Å²) in [6.07, 6.45) is 6.50. The Morgan fingerprint density at radius 2 is 1.81 bits per heavy atom. The summed E-state index contributed by atoms with van der Waals surface area (Å²) in [5, 5.41) is 10.5. The fourth-order valence-electron chi connectivity index (χ4n) is 3.99. The molecule has 0 spiro atoms. The molecule has 2 aromatic heterocycles. The molecule has 0 unspecified atom stereocenters. The van der Waals surface area contributed by atoms with E-state index in [0.29, 0.717) is 19.0 Å². The molecule has 2 heterocycles. The first-order valence-corrected chi connectivity index (χ1v) is 10.8. The molecule has 0 saturated heterocycles. The first-order valence-electron chi connectivity index (χ1n) is 10.8. The Morgan fingerprint density at radius 3 is 2.58 bits per heavy atom. The molecule has 1 aliphatic rings. The number of benzene rings is 1. The highest BCUT2D eigenvalue weighted by atomic mass is 16.5. The molecule has 0 atom stereocenters. The third-order valence-electron chi connectivity index (χ3n) is 5.74. The quantitative estimate of drug-likeness (QED) is 0.601. The first-order chi connectivity index (χ1) is 15.1. The molecule has 162 valence electrons. The molecule has 2 amide bonds. The largest absolute Gasteiger partial charge is 0.474 e. The van der Waals surface area contributed by atoms with Crippen LogP contribution in [0.15, 0.2) is 48.7 Å². The standard InChI is InChI=1S/C24H29N5O2/c1-17-22(18(2)29(28-17)20-10-4-3-5-11-20)16-27-24(30)26-15-19-9-8-14-25-23(19)31-21-12-6-7-13-21/h3-5,8-11,14,21H,6-7,12-13,15-16H2,1-2H3,(H2,26,27,30). The van der Waals surface area contributed by atoms with Crippen molar-refractivity contribution in [2.45, 2.75) is 58.7 Å². The average Bonchev–Trinajstić information content (AvgIpc) is 3.40. The van der Waals surface area contributed by atoms with Gasteiger partial charge < -0.3 is 15.4 Å². The highest BCUT2D eigenvalue weighted by Gasteiger charge is 2.19. The minimum atomic E-state index is -0.234. The highest BCUT2D eigenvalue weighted by Crippen LogP contribution is 2.25. The van der Waals surface area contributed by atoms with Gasteiger partial charge in [-0.25, -0.2) is 14.5 Å². The summed E-state index contributed by atoms with van der Waals surface area (Å²) >= 11 is 0. The number of ether oxygens (including phenoxy) is 1. The third kappa shape index (κ3) is 5.05. The van der Waals surface area contributed by atoms with Gasteiger partial charge >= 0.3 is 6.03 Å². The minimum Gasteiger partial charge on any atom is -0.474 e. The summed E-state index contributed by atoms with van der Waals surface area (Å²) in [5.41, 5.74) is 4.83. The van der Waals surface area contributed by atoms with Gasteiger partial charge in [0.1, 0.15) is 6.10 Å². The lowest BCUT2D eigenvalue weighted by atomic mass is 10.2. The smallest absolute Gasteiger partial charge is 0.315 e. The lowest BCUT2D eigenvalue weighted by Gasteiger charge is -2.15. The summed E-state index contributed by atoms with van der Waals surface area (Å²) in [6.45, 7) is 4.76. The van der Waals surface area contributed by atoms with Crippen molar-refractivity contribution in [1.82, 2.24) is 25.4 Å². The van der Waals surface area contributed by atoms with Crippen molar-refractivity contribution in [2.24, 2.45) is 0 Å². The number of aromatic nitrogens is 3. The Kier molecular flexibility index (Phi) is 6.50. The zero-order valence-corrected chi connectivity index (χ0v) is 18.1. The van der Waals surface area contributed by atoms with E-state index in [9.17, 15) is 4.79 Å². The van der Waals surface area contributed by atoms with Crippen molar-refractivity contribution in [2.75, 3.05) is 0 Å². The third-order valence-corrected chi connectivity index (χ3v) is 5.74. The normalized spacial score (nSPS) is 13.9. The molecule has 0 aliphatic heterocycles. The number of para-hydroxylation sites is 1. The van der Waals surface area contributed by atoms with Gasteiger partial charge in [0.2, 0.25) is 5.88 Å². The maximum atomic E-state index is 12.4. The molecule has 0 bridgehead atoms. The summed E-state index contributed by atoms with van der Waals surface area (Å²) in [5.74, 6) is 0.616. The topological polar surface area (TPSA) is 81.1 Å². The number of carbonyl (C=O) groups excluding carboxylic acids is 1. The van der Waals surface area contributed by atoms with Crippen LogP contribution in [-0.2, 0) is 13.1 Å². The van der Waals surface area contributed by atoms with Gasteiger partial charge in [0, 0.05) is 36.1 Å². The van der Waals surface area contributed by atoms with Crippen LogP contribution in [0.3, 0.4) is 0 Å². The fourth-order valence-corrected chi connectivity index (χ4v) is 3.99. The van der Waals surface area contributed by atoms with Crippen LogP contribution in [0.5, 0.6) is 5.88 Å². The summed E-state index contributed by atoms with van der Waals surface area (Å²) < 4.78 is 7.96. The molecule has 7 nitrogen and oxygen atoms in total. The minimum absolute atomic E-state index is 0.231. The molecule has 7 heteroatoms. The Balaban J connectivity index is 1.34. The number of amides is 2. The SMILES string of the molecule is Cc1nn(-c2ccccc2)c(C)c1CNC(=O)NCc1cccnc1OC1CCCC1. The molecule has 3 aromatic rings. The van der Waals surface area contributed by atoms with Gasteiger partial charge in [-0.2, -0.15) is 5.10 Å². The number of aryl methyl sites for hydroxylation is 1. The average molecular weight is 420 g/mol. The first kappa shape index (κ1) is 20.9. The molecule has 1 saturated carbocycles. The molecule has 1 aromatic carbocycles. The Bertz CT molecular complexity index is 1030. The summed E-state index contributed by atoms with van der Waals surface area (Å²) in [6, 6.07) is 13.6. The van der Waals surface area contributed by atoms with Crippen LogP contribution in [0.2, 0.25) is 0 Å². The van der Waals surface area contributed by atoms with Crippen LogP contribution in [0.25, 0.3) is 5.69 Å². The van der Waals surface area contributed by atoms with Gasteiger partial charge in [-0.3, -0.25) is 0 Å². The van der Waals surface area contributed by atoms with Gasteiger partial charge in [-0.05, 0) is 57.7 Å². The number of hydrogen-bond donors (Lipinski definition) is 2. The second-order valence-corrected chi connectivity index (χ2v) is 7.92. The monoisotopic (exact) mass is 419 g/mol. The van der Waals surface area contributed by atoms with E-state index in [1.165, 1.54) is 12.8 Å². The van der Waals surface area contributed by atoms with Crippen LogP contribution < -0.4 is 15.4 Å². The number of nitrogens with one attached hydrogen (secondary N) is 2. The van der Waals surface area contributed by atoms with Crippen molar-refractivity contribution in [3.05, 3.63) is 71.2 Å². The zero-order chi connectivity index (χ0) is 21.6. The van der Waals surface area contributed by atoms with Crippen LogP contribution >= 0.6 is 0 Å². The molecule has 1 fully saturated rings. The maximum Gasteiger partial charge on any atom is 0.315 e. The Hall–Kier alpha value is -3.35. The van der Waals surface area contributed by atoms with E-state index in [1.54, 1.807) is 6.20 Å². The van der Waals surface area contributed by atoms with E-state index in [0.717, 1.165) is 41.0 Å². The molecular formula is C24H29N5O2. The number of urea groups is 1. The van der Waals surface area contributed by atoms with E-state index in [-0.39, 0.29) is 12.1 Å². The van der Waals surface area contributed by atoms with Crippen molar-refractivity contribution in [3.8, 4) is 11.6 Å². The van der Waals surface area contributed by atoms with Crippen molar-refractivity contribution in [1.29, 1.82) is 0 Å². The predicted octanol–water partition coefficient (Wildman–Crippen LogP) is 4.20.